The Hall–Kier alpha value is -2.15. The standard InChI is InChI=1S/C14H11N5OS3/c1-7(11(20)18-12-8(6-15)2-4-21-12)23-14-17-10(16)9-3-5-22-13(9)19-14/h2-5,7H,1H3,(H,18,20)(H2,16,17,19)/t7-/m1/s1. The lowest BCUT2D eigenvalue weighted by Gasteiger charge is -2.10. The molecule has 1 amide bonds. The van der Waals surface area contributed by atoms with E-state index in [2.05, 4.69) is 15.3 Å². The Morgan fingerprint density at radius 1 is 1.39 bits per heavy atom. The van der Waals surface area contributed by atoms with Crippen LogP contribution < -0.4 is 11.1 Å². The van der Waals surface area contributed by atoms with Crippen LogP contribution in [0.25, 0.3) is 10.2 Å². The van der Waals surface area contributed by atoms with Crippen LogP contribution in [0.3, 0.4) is 0 Å². The summed E-state index contributed by atoms with van der Waals surface area (Å²) in [5.74, 6) is 0.207. The van der Waals surface area contributed by atoms with Crippen molar-refractivity contribution in [2.75, 3.05) is 11.1 Å². The van der Waals surface area contributed by atoms with E-state index < -0.39 is 5.25 Å². The smallest absolute Gasteiger partial charge is 0.238 e. The summed E-state index contributed by atoms with van der Waals surface area (Å²) < 4.78 is 0. The van der Waals surface area contributed by atoms with E-state index in [-0.39, 0.29) is 5.91 Å². The maximum atomic E-state index is 12.3. The monoisotopic (exact) mass is 361 g/mol. The highest BCUT2D eigenvalue weighted by atomic mass is 32.2. The number of amides is 1. The van der Waals surface area contributed by atoms with Gasteiger partial charge in [-0.15, -0.1) is 22.7 Å². The van der Waals surface area contributed by atoms with Gasteiger partial charge in [-0.1, -0.05) is 11.8 Å². The molecule has 0 aliphatic carbocycles. The zero-order valence-corrected chi connectivity index (χ0v) is 14.4. The molecular formula is C14H11N5OS3. The van der Waals surface area contributed by atoms with Crippen molar-refractivity contribution in [1.29, 1.82) is 5.26 Å². The highest BCUT2D eigenvalue weighted by molar-refractivity contribution is 8.00. The first-order chi connectivity index (χ1) is 11.1. The van der Waals surface area contributed by atoms with Crippen LogP contribution in [0.5, 0.6) is 0 Å². The summed E-state index contributed by atoms with van der Waals surface area (Å²) in [6, 6.07) is 5.59. The maximum absolute atomic E-state index is 12.3. The minimum atomic E-state index is -0.416. The molecule has 3 heterocycles. The first-order valence-electron chi connectivity index (χ1n) is 6.54. The fourth-order valence-corrected chi connectivity index (χ4v) is 4.18. The summed E-state index contributed by atoms with van der Waals surface area (Å²) in [5.41, 5.74) is 6.37. The number of thioether (sulfide) groups is 1. The molecule has 3 aromatic heterocycles. The van der Waals surface area contributed by atoms with Crippen molar-refractivity contribution in [2.45, 2.75) is 17.3 Å². The molecule has 116 valence electrons. The summed E-state index contributed by atoms with van der Waals surface area (Å²) in [5, 5.41) is 16.8. The predicted molar refractivity (Wildman–Crippen MR) is 94.8 cm³/mol. The molecular weight excluding hydrogens is 350 g/mol. The van der Waals surface area contributed by atoms with Gasteiger partial charge in [0, 0.05) is 0 Å². The topological polar surface area (TPSA) is 105 Å². The Balaban J connectivity index is 1.73. The number of thiophene rings is 2. The molecule has 0 aromatic carbocycles. The number of carbonyl (C=O) groups is 1. The number of carbonyl (C=O) groups excluding carboxylic acids is 1. The van der Waals surface area contributed by atoms with Crippen LogP contribution in [0.2, 0.25) is 0 Å². The lowest BCUT2D eigenvalue weighted by molar-refractivity contribution is -0.115. The molecule has 0 bridgehead atoms. The van der Waals surface area contributed by atoms with Gasteiger partial charge in [0.25, 0.3) is 0 Å². The van der Waals surface area contributed by atoms with Crippen molar-refractivity contribution >= 4 is 61.4 Å². The number of nitrogens with two attached hydrogens (primary N) is 1. The molecule has 9 heteroatoms. The third kappa shape index (κ3) is 3.29. The van der Waals surface area contributed by atoms with Crippen molar-refractivity contribution in [3.8, 4) is 6.07 Å². The van der Waals surface area contributed by atoms with Crippen molar-refractivity contribution in [2.24, 2.45) is 0 Å². The van der Waals surface area contributed by atoms with Crippen molar-refractivity contribution < 1.29 is 4.79 Å². The van der Waals surface area contributed by atoms with Gasteiger partial charge in [0.15, 0.2) is 5.16 Å². The van der Waals surface area contributed by atoms with Crippen LogP contribution in [0, 0.1) is 11.3 Å². The molecule has 6 nitrogen and oxygen atoms in total. The average Bonchev–Trinajstić information content (AvgIpc) is 3.15. The van der Waals surface area contributed by atoms with Crippen LogP contribution in [-0.4, -0.2) is 21.1 Å². The predicted octanol–water partition coefficient (Wildman–Crippen LogP) is 3.33. The summed E-state index contributed by atoms with van der Waals surface area (Å²) >= 11 is 4.03. The van der Waals surface area contributed by atoms with Gasteiger partial charge in [-0.3, -0.25) is 4.79 Å². The maximum Gasteiger partial charge on any atom is 0.238 e. The SMILES string of the molecule is C[C@@H](Sc1nc(N)c2ccsc2n1)C(=O)Nc1sccc1C#N. The number of aromatic nitrogens is 2. The molecule has 0 saturated carbocycles. The van der Waals surface area contributed by atoms with E-state index >= 15 is 0 Å². The zero-order chi connectivity index (χ0) is 16.4. The van der Waals surface area contributed by atoms with Gasteiger partial charge in [-0.05, 0) is 29.8 Å². The van der Waals surface area contributed by atoms with Crippen molar-refractivity contribution in [3.05, 3.63) is 28.5 Å². The molecule has 0 unspecified atom stereocenters. The number of nitrogen functional groups attached to an aromatic ring is 1. The molecule has 3 rings (SSSR count). The number of hydrogen-bond donors (Lipinski definition) is 2. The number of nitriles is 1. The van der Waals surface area contributed by atoms with E-state index in [1.807, 2.05) is 17.5 Å². The fraction of sp³-hybridized carbons (Fsp3) is 0.143. The Morgan fingerprint density at radius 3 is 2.96 bits per heavy atom. The zero-order valence-electron chi connectivity index (χ0n) is 11.9. The third-order valence-corrected chi connectivity index (χ3v) is 5.61. The van der Waals surface area contributed by atoms with Gasteiger partial charge in [-0.25, -0.2) is 9.97 Å². The summed E-state index contributed by atoms with van der Waals surface area (Å²) in [4.78, 5) is 21.7. The largest absolute Gasteiger partial charge is 0.383 e. The molecule has 1 atom stereocenters. The van der Waals surface area contributed by atoms with Gasteiger partial charge in [-0.2, -0.15) is 5.26 Å². The highest BCUT2D eigenvalue weighted by Gasteiger charge is 2.19. The summed E-state index contributed by atoms with van der Waals surface area (Å²) in [7, 11) is 0. The number of hydrogen-bond acceptors (Lipinski definition) is 8. The van der Waals surface area contributed by atoms with Gasteiger partial charge >= 0.3 is 0 Å². The van der Waals surface area contributed by atoms with Gasteiger partial charge in [0.1, 0.15) is 21.7 Å². The third-order valence-electron chi connectivity index (χ3n) is 3.01. The minimum Gasteiger partial charge on any atom is -0.383 e. The van der Waals surface area contributed by atoms with Crippen molar-refractivity contribution in [3.63, 3.8) is 0 Å². The van der Waals surface area contributed by atoms with E-state index in [1.165, 1.54) is 34.4 Å². The highest BCUT2D eigenvalue weighted by Crippen LogP contribution is 2.29. The molecule has 0 spiro atoms. The van der Waals surface area contributed by atoms with Crippen LogP contribution in [0.4, 0.5) is 10.8 Å². The summed E-state index contributed by atoms with van der Waals surface area (Å²) in [6.07, 6.45) is 0. The second kappa shape index (κ2) is 6.54. The molecule has 0 aliphatic rings. The Kier molecular flexibility index (Phi) is 4.47. The second-order valence-electron chi connectivity index (χ2n) is 4.56. The van der Waals surface area contributed by atoms with E-state index in [9.17, 15) is 4.79 Å². The van der Waals surface area contributed by atoms with E-state index in [4.69, 9.17) is 11.0 Å². The Bertz CT molecular complexity index is 911. The average molecular weight is 361 g/mol. The number of nitrogens with one attached hydrogen (secondary N) is 1. The molecule has 3 N–H and O–H groups in total. The van der Waals surface area contributed by atoms with Crippen LogP contribution in [0.1, 0.15) is 12.5 Å². The van der Waals surface area contributed by atoms with E-state index in [0.29, 0.717) is 21.5 Å². The van der Waals surface area contributed by atoms with E-state index in [0.717, 1.165) is 10.2 Å². The Labute approximate surface area is 144 Å². The minimum absolute atomic E-state index is 0.206. The normalized spacial score (nSPS) is 12.0. The number of fused-ring (bicyclic) bond motifs is 1. The number of rotatable bonds is 4. The molecule has 0 fully saturated rings. The number of nitrogens with zero attached hydrogens (tertiary/aromatic N) is 3. The summed E-state index contributed by atoms with van der Waals surface area (Å²) in [6.45, 7) is 1.76. The van der Waals surface area contributed by atoms with Crippen LogP contribution in [0.15, 0.2) is 28.0 Å². The lowest BCUT2D eigenvalue weighted by atomic mass is 10.3. The van der Waals surface area contributed by atoms with Crippen LogP contribution in [-0.2, 0) is 4.79 Å². The van der Waals surface area contributed by atoms with Crippen LogP contribution >= 0.6 is 34.4 Å². The Morgan fingerprint density at radius 2 is 2.17 bits per heavy atom. The molecule has 23 heavy (non-hydrogen) atoms. The first kappa shape index (κ1) is 15.7. The van der Waals surface area contributed by atoms with Gasteiger partial charge < -0.3 is 11.1 Å². The molecule has 0 radical (unpaired) electrons. The molecule has 3 aromatic rings. The fourth-order valence-electron chi connectivity index (χ4n) is 1.83. The second-order valence-corrected chi connectivity index (χ2v) is 7.67. The quantitative estimate of drug-likeness (QED) is 0.545. The van der Waals surface area contributed by atoms with E-state index in [1.54, 1.807) is 18.4 Å². The first-order valence-corrected chi connectivity index (χ1v) is 9.18. The van der Waals surface area contributed by atoms with Gasteiger partial charge in [0.05, 0.1) is 16.2 Å². The molecule has 0 aliphatic heterocycles. The van der Waals surface area contributed by atoms with Gasteiger partial charge in [0.2, 0.25) is 5.91 Å². The molecule has 0 saturated heterocycles. The van der Waals surface area contributed by atoms with Crippen molar-refractivity contribution in [1.82, 2.24) is 9.97 Å². The lowest BCUT2D eigenvalue weighted by Crippen LogP contribution is -2.22. The number of anilines is 2.